The molecule has 166 valence electrons. The average Bonchev–Trinajstić information content (AvgIpc) is 3.45. The largest absolute Gasteiger partial charge is 0.454 e. The second kappa shape index (κ2) is 8.72. The molecule has 2 aliphatic rings. The van der Waals surface area contributed by atoms with Gasteiger partial charge in [-0.2, -0.15) is 0 Å². The number of H-pyrrole nitrogens is 1. The van der Waals surface area contributed by atoms with Gasteiger partial charge in [-0.1, -0.05) is 11.6 Å². The Morgan fingerprint density at radius 2 is 1.94 bits per heavy atom. The number of aromatic nitrogens is 1. The summed E-state index contributed by atoms with van der Waals surface area (Å²) in [6, 6.07) is 11.9. The third-order valence-electron chi connectivity index (χ3n) is 5.61. The number of carbonyl (C=O) groups is 1. The molecule has 1 saturated heterocycles. The standard InChI is InChI=1S/C23H22ClN3O5/c24-16-3-5-17(6-4-16)25-23(29)27(12-18-2-1-7-30-18)11-15-8-14-9-20-21(32-13-31-20)10-19(14)26-22(15)28/h3-6,8-10,18H,1-2,7,11-13H2,(H,25,29)(H,26,28). The van der Waals surface area contributed by atoms with Crippen molar-refractivity contribution < 1.29 is 19.0 Å². The van der Waals surface area contributed by atoms with Crippen molar-refractivity contribution in [1.82, 2.24) is 9.88 Å². The van der Waals surface area contributed by atoms with Crippen LogP contribution in [-0.2, 0) is 11.3 Å². The van der Waals surface area contributed by atoms with Crippen LogP contribution in [0, 0.1) is 0 Å². The lowest BCUT2D eigenvalue weighted by Crippen LogP contribution is -2.40. The van der Waals surface area contributed by atoms with Gasteiger partial charge in [0.25, 0.3) is 5.56 Å². The molecule has 0 saturated carbocycles. The molecule has 1 aromatic heterocycles. The summed E-state index contributed by atoms with van der Waals surface area (Å²) in [5.41, 5.74) is 1.49. The zero-order valence-electron chi connectivity index (χ0n) is 17.2. The van der Waals surface area contributed by atoms with Gasteiger partial charge in [-0.3, -0.25) is 4.79 Å². The zero-order chi connectivity index (χ0) is 22.1. The fraction of sp³-hybridized carbons (Fsp3) is 0.304. The Balaban J connectivity index is 1.42. The molecule has 8 nitrogen and oxygen atoms in total. The lowest BCUT2D eigenvalue weighted by Gasteiger charge is -2.25. The number of nitrogens with zero attached hydrogens (tertiary/aromatic N) is 1. The van der Waals surface area contributed by atoms with Gasteiger partial charge in [0.1, 0.15) is 0 Å². The highest BCUT2D eigenvalue weighted by atomic mass is 35.5. The van der Waals surface area contributed by atoms with E-state index in [9.17, 15) is 9.59 Å². The Morgan fingerprint density at radius 1 is 1.16 bits per heavy atom. The molecule has 0 spiro atoms. The molecule has 3 aromatic rings. The number of halogens is 1. The van der Waals surface area contributed by atoms with Gasteiger partial charge in [-0.05, 0) is 49.2 Å². The Morgan fingerprint density at radius 3 is 2.69 bits per heavy atom. The molecule has 3 heterocycles. The first kappa shape index (κ1) is 20.7. The highest BCUT2D eigenvalue weighted by Gasteiger charge is 2.24. The number of ether oxygens (including phenoxy) is 3. The molecule has 0 bridgehead atoms. The van der Waals surface area contributed by atoms with Gasteiger partial charge in [0.05, 0.1) is 18.2 Å². The van der Waals surface area contributed by atoms with Crippen LogP contribution in [-0.4, -0.2) is 42.0 Å². The van der Waals surface area contributed by atoms with Crippen LogP contribution >= 0.6 is 11.6 Å². The van der Waals surface area contributed by atoms with Gasteiger partial charge in [-0.15, -0.1) is 0 Å². The minimum Gasteiger partial charge on any atom is -0.454 e. The summed E-state index contributed by atoms with van der Waals surface area (Å²) in [7, 11) is 0. The van der Waals surface area contributed by atoms with E-state index in [1.165, 1.54) is 0 Å². The molecule has 2 N–H and O–H groups in total. The second-order valence-corrected chi connectivity index (χ2v) is 8.31. The number of aromatic amines is 1. The number of carbonyl (C=O) groups excluding carboxylic acids is 1. The fourth-order valence-corrected chi connectivity index (χ4v) is 4.08. The van der Waals surface area contributed by atoms with E-state index in [0.29, 0.717) is 46.4 Å². The fourth-order valence-electron chi connectivity index (χ4n) is 3.95. The molecule has 1 atom stereocenters. The van der Waals surface area contributed by atoms with E-state index in [1.54, 1.807) is 41.3 Å². The van der Waals surface area contributed by atoms with Gasteiger partial charge in [-0.25, -0.2) is 4.79 Å². The Labute approximate surface area is 189 Å². The number of nitrogens with one attached hydrogen (secondary N) is 2. The van der Waals surface area contributed by atoms with Crippen LogP contribution in [0.1, 0.15) is 18.4 Å². The first-order chi connectivity index (χ1) is 15.5. The van der Waals surface area contributed by atoms with Crippen LogP contribution < -0.4 is 20.3 Å². The van der Waals surface area contributed by atoms with Gasteiger partial charge < -0.3 is 29.4 Å². The van der Waals surface area contributed by atoms with Crippen LogP contribution in [0.5, 0.6) is 11.5 Å². The second-order valence-electron chi connectivity index (χ2n) is 7.87. The van der Waals surface area contributed by atoms with Crippen molar-refractivity contribution in [2.24, 2.45) is 0 Å². The molecular weight excluding hydrogens is 434 g/mol. The molecule has 2 amide bonds. The topological polar surface area (TPSA) is 92.9 Å². The van der Waals surface area contributed by atoms with Crippen molar-refractivity contribution in [2.75, 3.05) is 25.3 Å². The lowest BCUT2D eigenvalue weighted by atomic mass is 10.1. The van der Waals surface area contributed by atoms with E-state index in [0.717, 1.165) is 18.2 Å². The zero-order valence-corrected chi connectivity index (χ0v) is 18.0. The summed E-state index contributed by atoms with van der Waals surface area (Å²) < 4.78 is 16.6. The predicted octanol–water partition coefficient (Wildman–Crippen LogP) is 4.12. The third-order valence-corrected chi connectivity index (χ3v) is 5.86. The van der Waals surface area contributed by atoms with Crippen LogP contribution in [0.15, 0.2) is 47.3 Å². The molecule has 9 heteroatoms. The monoisotopic (exact) mass is 455 g/mol. The van der Waals surface area contributed by atoms with E-state index >= 15 is 0 Å². The van der Waals surface area contributed by atoms with Crippen LogP contribution in [0.3, 0.4) is 0 Å². The van der Waals surface area contributed by atoms with Crippen molar-refractivity contribution in [2.45, 2.75) is 25.5 Å². The van der Waals surface area contributed by atoms with E-state index in [4.69, 9.17) is 25.8 Å². The molecule has 2 aromatic carbocycles. The predicted molar refractivity (Wildman–Crippen MR) is 121 cm³/mol. The summed E-state index contributed by atoms with van der Waals surface area (Å²) in [6.45, 7) is 1.36. The minimum atomic E-state index is -0.312. The van der Waals surface area contributed by atoms with E-state index < -0.39 is 0 Å². The minimum absolute atomic E-state index is 0.0562. The van der Waals surface area contributed by atoms with Crippen molar-refractivity contribution in [3.05, 3.63) is 63.4 Å². The first-order valence-corrected chi connectivity index (χ1v) is 10.8. The summed E-state index contributed by atoms with van der Waals surface area (Å²) in [5.74, 6) is 1.23. The summed E-state index contributed by atoms with van der Waals surface area (Å²) in [6.07, 6.45) is 1.78. The maximum absolute atomic E-state index is 13.1. The Hall–Kier alpha value is -3.23. The maximum Gasteiger partial charge on any atom is 0.322 e. The molecule has 32 heavy (non-hydrogen) atoms. The van der Waals surface area contributed by atoms with Crippen molar-refractivity contribution in [1.29, 1.82) is 0 Å². The van der Waals surface area contributed by atoms with Crippen LogP contribution in [0.25, 0.3) is 10.9 Å². The number of urea groups is 1. The lowest BCUT2D eigenvalue weighted by molar-refractivity contribution is 0.0818. The van der Waals surface area contributed by atoms with E-state index in [-0.39, 0.29) is 31.0 Å². The molecule has 0 aliphatic carbocycles. The summed E-state index contributed by atoms with van der Waals surface area (Å²) in [4.78, 5) is 30.4. The molecule has 2 aliphatic heterocycles. The van der Waals surface area contributed by atoms with Crippen molar-refractivity contribution >= 4 is 34.2 Å². The molecule has 0 radical (unpaired) electrons. The van der Waals surface area contributed by atoms with E-state index in [1.807, 2.05) is 6.07 Å². The molecule has 1 unspecified atom stereocenters. The summed E-state index contributed by atoms with van der Waals surface area (Å²) in [5, 5.41) is 4.27. The van der Waals surface area contributed by atoms with Crippen molar-refractivity contribution in [3.8, 4) is 11.5 Å². The normalized spacial score (nSPS) is 17.0. The van der Waals surface area contributed by atoms with Gasteiger partial charge in [0.2, 0.25) is 6.79 Å². The van der Waals surface area contributed by atoms with E-state index in [2.05, 4.69) is 10.3 Å². The number of pyridine rings is 1. The number of anilines is 1. The molecule has 1 fully saturated rings. The number of amides is 2. The third kappa shape index (κ3) is 4.37. The SMILES string of the molecule is O=C(Nc1ccc(Cl)cc1)N(Cc1cc2cc3c(cc2[nH]c1=O)OCO3)CC1CCCO1. The maximum atomic E-state index is 13.1. The van der Waals surface area contributed by atoms with Gasteiger partial charge >= 0.3 is 6.03 Å². The molecule has 5 rings (SSSR count). The van der Waals surface area contributed by atoms with Gasteiger partial charge in [0, 0.05) is 40.9 Å². The quantitative estimate of drug-likeness (QED) is 0.603. The number of hydrogen-bond acceptors (Lipinski definition) is 5. The number of benzene rings is 2. The first-order valence-electron chi connectivity index (χ1n) is 10.4. The number of fused-ring (bicyclic) bond motifs is 2. The number of hydrogen-bond donors (Lipinski definition) is 2. The summed E-state index contributed by atoms with van der Waals surface area (Å²) >= 11 is 5.94. The highest BCUT2D eigenvalue weighted by Crippen LogP contribution is 2.35. The Kier molecular flexibility index (Phi) is 5.63. The smallest absolute Gasteiger partial charge is 0.322 e. The van der Waals surface area contributed by atoms with Crippen molar-refractivity contribution in [3.63, 3.8) is 0 Å². The number of rotatable bonds is 5. The highest BCUT2D eigenvalue weighted by molar-refractivity contribution is 6.30. The average molecular weight is 456 g/mol. The van der Waals surface area contributed by atoms with Gasteiger partial charge in [0.15, 0.2) is 11.5 Å². The van der Waals surface area contributed by atoms with Crippen LogP contribution in [0.2, 0.25) is 5.02 Å². The van der Waals surface area contributed by atoms with Crippen LogP contribution in [0.4, 0.5) is 10.5 Å². The molecular formula is C23H22ClN3O5. The Bertz CT molecular complexity index is 1200.